The van der Waals surface area contributed by atoms with Crippen LogP contribution in [0.15, 0.2) is 36.4 Å². The van der Waals surface area contributed by atoms with Gasteiger partial charge in [0.15, 0.2) is 0 Å². The molecule has 82 valence electrons. The van der Waals surface area contributed by atoms with Crippen molar-refractivity contribution >= 4 is 27.6 Å². The minimum atomic E-state index is -2.57. The number of carbonyl (C=O) groups is 1. The third-order valence-corrected chi connectivity index (χ3v) is 2.61. The van der Waals surface area contributed by atoms with Gasteiger partial charge in [-0.3, -0.25) is 4.79 Å². The van der Waals surface area contributed by atoms with E-state index in [-0.39, 0.29) is 11.1 Å². The molecule has 0 spiro atoms. The van der Waals surface area contributed by atoms with Gasteiger partial charge in [-0.05, 0) is 28.4 Å². The highest BCUT2D eigenvalue weighted by Crippen LogP contribution is 2.29. The molecule has 0 saturated carbocycles. The number of rotatable bonds is 2. The van der Waals surface area contributed by atoms with E-state index >= 15 is 0 Å². The van der Waals surface area contributed by atoms with E-state index in [9.17, 15) is 13.6 Å². The Morgan fingerprint density at radius 2 is 1.69 bits per heavy atom. The third kappa shape index (κ3) is 1.78. The van der Waals surface area contributed by atoms with Gasteiger partial charge in [0.1, 0.15) is 0 Å². The molecule has 0 atom stereocenters. The molecule has 0 aromatic heterocycles. The number of benzene rings is 2. The molecule has 0 N–H and O–H groups in total. The molecule has 0 fully saturated rings. The first-order valence-electron chi connectivity index (χ1n) is 4.61. The van der Waals surface area contributed by atoms with Crippen LogP contribution < -0.4 is 0 Å². The zero-order chi connectivity index (χ0) is 11.7. The zero-order valence-electron chi connectivity index (χ0n) is 8.08. The summed E-state index contributed by atoms with van der Waals surface area (Å²) in [7, 11) is 0. The van der Waals surface area contributed by atoms with Crippen LogP contribution in [0.25, 0.3) is 10.8 Å². The zero-order valence-corrected chi connectivity index (χ0v) is 8.84. The second-order valence-corrected chi connectivity index (χ2v) is 3.67. The Balaban J connectivity index is 2.81. The molecule has 0 aliphatic rings. The maximum Gasteiger partial charge on any atom is 0.264 e. The lowest BCUT2D eigenvalue weighted by atomic mass is 10.0. The number of carbonyl (C=O) groups excluding carboxylic acids is 1. The van der Waals surface area contributed by atoms with Gasteiger partial charge in [-0.1, -0.05) is 30.3 Å². The molecule has 1 nitrogen and oxygen atoms in total. The first-order chi connectivity index (χ1) is 7.61. The van der Waals surface area contributed by atoms with Crippen LogP contribution in [0.3, 0.4) is 0 Å². The molecule has 4 heteroatoms. The number of halogens is 3. The number of fused-ring (bicyclic) bond motifs is 1. The van der Waals surface area contributed by atoms with E-state index in [1.807, 2.05) is 0 Å². The Kier molecular flexibility index (Phi) is 2.88. The van der Waals surface area contributed by atoms with Gasteiger partial charge in [0.25, 0.3) is 11.7 Å². The molecular weight excluding hydrogens is 234 g/mol. The van der Waals surface area contributed by atoms with Crippen molar-refractivity contribution < 1.29 is 13.6 Å². The lowest BCUT2D eigenvalue weighted by Gasteiger charge is -2.07. The van der Waals surface area contributed by atoms with Crippen LogP contribution in [0.2, 0.25) is 0 Å². The largest absolute Gasteiger partial charge is 0.276 e. The molecular formula is C12H7ClF2O. The van der Waals surface area contributed by atoms with Crippen molar-refractivity contribution in [2.75, 3.05) is 0 Å². The molecule has 2 rings (SSSR count). The standard InChI is InChI=1S/C12H7ClF2O/c13-11(16)9-5-1-4-8-7(9)3-2-6-10(8)12(14)15/h1-6,12H. The highest BCUT2D eigenvalue weighted by atomic mass is 35.5. The summed E-state index contributed by atoms with van der Waals surface area (Å²) in [5.74, 6) is 0. The summed E-state index contributed by atoms with van der Waals surface area (Å²) in [6, 6.07) is 9.07. The second-order valence-electron chi connectivity index (χ2n) is 3.32. The second kappa shape index (κ2) is 4.18. The van der Waals surface area contributed by atoms with E-state index in [0.717, 1.165) is 0 Å². The number of hydrogen-bond acceptors (Lipinski definition) is 1. The monoisotopic (exact) mass is 240 g/mol. The summed E-state index contributed by atoms with van der Waals surface area (Å²) in [6.07, 6.45) is -2.57. The topological polar surface area (TPSA) is 17.1 Å². The van der Waals surface area contributed by atoms with E-state index in [2.05, 4.69) is 0 Å². The van der Waals surface area contributed by atoms with Crippen molar-refractivity contribution in [1.82, 2.24) is 0 Å². The summed E-state index contributed by atoms with van der Waals surface area (Å²) >= 11 is 5.39. The summed E-state index contributed by atoms with van der Waals surface area (Å²) < 4.78 is 25.4. The van der Waals surface area contributed by atoms with Gasteiger partial charge in [0.2, 0.25) is 0 Å². The molecule has 0 aliphatic carbocycles. The lowest BCUT2D eigenvalue weighted by molar-refractivity contribution is 0.108. The predicted molar refractivity (Wildman–Crippen MR) is 59.1 cm³/mol. The summed E-state index contributed by atoms with van der Waals surface area (Å²) in [5, 5.41) is 0.182. The Bertz CT molecular complexity index is 552. The smallest absolute Gasteiger partial charge is 0.264 e. The fourth-order valence-electron chi connectivity index (χ4n) is 1.70. The molecule has 0 amide bonds. The van der Waals surface area contributed by atoms with Gasteiger partial charge in [-0.2, -0.15) is 0 Å². The third-order valence-electron chi connectivity index (χ3n) is 2.40. The minimum Gasteiger partial charge on any atom is -0.276 e. The van der Waals surface area contributed by atoms with E-state index in [4.69, 9.17) is 11.6 Å². The Morgan fingerprint density at radius 1 is 1.06 bits per heavy atom. The lowest BCUT2D eigenvalue weighted by Crippen LogP contribution is -1.93. The van der Waals surface area contributed by atoms with Crippen LogP contribution in [0, 0.1) is 0 Å². The average Bonchev–Trinajstić information content (AvgIpc) is 2.27. The minimum absolute atomic E-state index is 0.0859. The van der Waals surface area contributed by atoms with Crippen LogP contribution in [-0.2, 0) is 0 Å². The SMILES string of the molecule is O=C(Cl)c1cccc2c(C(F)F)cccc12. The Morgan fingerprint density at radius 3 is 2.31 bits per heavy atom. The van der Waals surface area contributed by atoms with Crippen molar-refractivity contribution in [1.29, 1.82) is 0 Å². The molecule has 2 aromatic rings. The van der Waals surface area contributed by atoms with E-state index in [0.29, 0.717) is 10.8 Å². The van der Waals surface area contributed by atoms with Crippen LogP contribution in [0.4, 0.5) is 8.78 Å². The normalized spacial score (nSPS) is 11.0. The van der Waals surface area contributed by atoms with Gasteiger partial charge in [-0.15, -0.1) is 0 Å². The summed E-state index contributed by atoms with van der Waals surface area (Å²) in [4.78, 5) is 11.1. The Labute approximate surface area is 95.6 Å². The first kappa shape index (κ1) is 11.0. The van der Waals surface area contributed by atoms with E-state index in [1.165, 1.54) is 18.2 Å². The maximum atomic E-state index is 12.7. The van der Waals surface area contributed by atoms with Crippen LogP contribution >= 0.6 is 11.6 Å². The van der Waals surface area contributed by atoms with Crippen molar-refractivity contribution in [2.45, 2.75) is 6.43 Å². The van der Waals surface area contributed by atoms with Gasteiger partial charge in [0.05, 0.1) is 0 Å². The molecule has 0 heterocycles. The fourth-order valence-corrected chi connectivity index (χ4v) is 1.86. The van der Waals surface area contributed by atoms with Crippen molar-refractivity contribution in [3.8, 4) is 0 Å². The number of hydrogen-bond donors (Lipinski definition) is 0. The van der Waals surface area contributed by atoms with Crippen molar-refractivity contribution in [2.24, 2.45) is 0 Å². The molecule has 0 aliphatic heterocycles. The molecule has 0 unspecified atom stereocenters. The van der Waals surface area contributed by atoms with Crippen molar-refractivity contribution in [3.05, 3.63) is 47.5 Å². The molecule has 0 saturated heterocycles. The quantitative estimate of drug-likeness (QED) is 0.721. The number of alkyl halides is 2. The first-order valence-corrected chi connectivity index (χ1v) is 4.98. The highest BCUT2D eigenvalue weighted by molar-refractivity contribution is 6.68. The van der Waals surface area contributed by atoms with Crippen LogP contribution in [-0.4, -0.2) is 5.24 Å². The average molecular weight is 241 g/mol. The maximum absolute atomic E-state index is 12.7. The van der Waals surface area contributed by atoms with Gasteiger partial charge < -0.3 is 0 Å². The fraction of sp³-hybridized carbons (Fsp3) is 0.0833. The van der Waals surface area contributed by atoms with Crippen LogP contribution in [0.1, 0.15) is 22.3 Å². The molecule has 0 radical (unpaired) electrons. The molecule has 0 bridgehead atoms. The molecule has 16 heavy (non-hydrogen) atoms. The Hall–Kier alpha value is -1.48. The van der Waals surface area contributed by atoms with Gasteiger partial charge in [-0.25, -0.2) is 8.78 Å². The summed E-state index contributed by atoms with van der Waals surface area (Å²) in [6.45, 7) is 0. The van der Waals surface area contributed by atoms with Gasteiger partial charge in [0, 0.05) is 11.1 Å². The van der Waals surface area contributed by atoms with Gasteiger partial charge >= 0.3 is 0 Å². The van der Waals surface area contributed by atoms with Crippen LogP contribution in [0.5, 0.6) is 0 Å². The predicted octanol–water partition coefficient (Wildman–Crippen LogP) is 4.16. The van der Waals surface area contributed by atoms with E-state index < -0.39 is 11.7 Å². The van der Waals surface area contributed by atoms with Crippen molar-refractivity contribution in [3.63, 3.8) is 0 Å². The summed E-state index contributed by atoms with van der Waals surface area (Å²) in [5.41, 5.74) is 0.166. The highest BCUT2D eigenvalue weighted by Gasteiger charge is 2.14. The van der Waals surface area contributed by atoms with E-state index in [1.54, 1.807) is 18.2 Å². The molecule has 2 aromatic carbocycles.